The molecule has 1 aliphatic heterocycles. The second kappa shape index (κ2) is 9.49. The third-order valence-electron chi connectivity index (χ3n) is 7.18. The van der Waals surface area contributed by atoms with Gasteiger partial charge < -0.3 is 10.1 Å². The lowest BCUT2D eigenvalue weighted by atomic mass is 9.85. The minimum absolute atomic E-state index is 0.00853. The molecule has 2 aromatic carbocycles. The van der Waals surface area contributed by atoms with Gasteiger partial charge in [0.05, 0.1) is 17.4 Å². The predicted molar refractivity (Wildman–Crippen MR) is 125 cm³/mol. The van der Waals surface area contributed by atoms with Crippen molar-refractivity contribution in [2.24, 2.45) is 23.7 Å². The van der Waals surface area contributed by atoms with Crippen LogP contribution >= 0.6 is 0 Å². The van der Waals surface area contributed by atoms with E-state index in [-0.39, 0.29) is 23.9 Å². The number of allylic oxidation sites excluding steroid dienone is 2. The average molecular weight is 512 g/mol. The number of hydrogen-bond acceptors (Lipinski definition) is 5. The van der Waals surface area contributed by atoms with Gasteiger partial charge in [-0.1, -0.05) is 48.6 Å². The van der Waals surface area contributed by atoms with Crippen LogP contribution in [0.5, 0.6) is 0 Å². The molecule has 0 aromatic heterocycles. The summed E-state index contributed by atoms with van der Waals surface area (Å²) in [7, 11) is 0. The molecular formula is C27H23F3N2O5. The van der Waals surface area contributed by atoms with Crippen molar-refractivity contribution in [1.29, 1.82) is 0 Å². The van der Waals surface area contributed by atoms with Gasteiger partial charge in [0.1, 0.15) is 6.04 Å². The maximum atomic E-state index is 13.3. The van der Waals surface area contributed by atoms with Crippen LogP contribution in [0.25, 0.3) is 0 Å². The van der Waals surface area contributed by atoms with Crippen LogP contribution < -0.4 is 5.32 Å². The number of nitrogens with zero attached hydrogens (tertiary/aromatic N) is 1. The summed E-state index contributed by atoms with van der Waals surface area (Å²) in [6.45, 7) is -0.795. The van der Waals surface area contributed by atoms with Crippen molar-refractivity contribution in [3.8, 4) is 0 Å². The van der Waals surface area contributed by atoms with E-state index in [1.807, 2.05) is 12.2 Å². The number of imide groups is 1. The fraction of sp³-hybridized carbons (Fsp3) is 0.333. The van der Waals surface area contributed by atoms with E-state index in [9.17, 15) is 32.3 Å². The van der Waals surface area contributed by atoms with Gasteiger partial charge in [0.2, 0.25) is 11.8 Å². The first kappa shape index (κ1) is 24.7. The summed E-state index contributed by atoms with van der Waals surface area (Å²) in [6, 6.07) is 11.6. The van der Waals surface area contributed by atoms with E-state index < -0.39 is 59.9 Å². The summed E-state index contributed by atoms with van der Waals surface area (Å²) in [6.07, 6.45) is 0.0605. The Balaban J connectivity index is 1.30. The van der Waals surface area contributed by atoms with Gasteiger partial charge in [-0.3, -0.25) is 19.3 Å². The number of fused-ring (bicyclic) bond motifs is 5. The Bertz CT molecular complexity index is 1250. The molecule has 0 radical (unpaired) electrons. The molecule has 2 bridgehead atoms. The summed E-state index contributed by atoms with van der Waals surface area (Å²) in [4.78, 5) is 53.1. The molecule has 10 heteroatoms. The van der Waals surface area contributed by atoms with Crippen LogP contribution in [-0.4, -0.2) is 41.2 Å². The van der Waals surface area contributed by atoms with Gasteiger partial charge in [-0.2, -0.15) is 13.2 Å². The quantitative estimate of drug-likeness (QED) is 0.348. The molecule has 3 aliphatic rings. The number of esters is 1. The van der Waals surface area contributed by atoms with Crippen LogP contribution in [0, 0.1) is 23.7 Å². The van der Waals surface area contributed by atoms with Crippen LogP contribution in [-0.2, 0) is 36.5 Å². The van der Waals surface area contributed by atoms with Gasteiger partial charge >= 0.3 is 12.1 Å². The average Bonchev–Trinajstić information content (AvgIpc) is 3.55. The molecule has 7 nitrogen and oxygen atoms in total. The van der Waals surface area contributed by atoms with Crippen molar-refractivity contribution >= 4 is 29.4 Å². The Hall–Kier alpha value is -3.95. The van der Waals surface area contributed by atoms with Crippen molar-refractivity contribution in [3.63, 3.8) is 0 Å². The maximum absolute atomic E-state index is 13.3. The number of carbonyl (C=O) groups excluding carboxylic acids is 4. The molecule has 2 aromatic rings. The van der Waals surface area contributed by atoms with E-state index in [1.165, 1.54) is 6.07 Å². The Morgan fingerprint density at radius 1 is 0.973 bits per heavy atom. The van der Waals surface area contributed by atoms with Crippen LogP contribution in [0.3, 0.4) is 0 Å². The number of carbonyl (C=O) groups is 4. The fourth-order valence-corrected chi connectivity index (χ4v) is 5.55. The molecule has 1 saturated carbocycles. The molecule has 5 atom stereocenters. The van der Waals surface area contributed by atoms with Gasteiger partial charge in [-0.05, 0) is 42.0 Å². The third kappa shape index (κ3) is 4.75. The molecule has 0 spiro atoms. The Morgan fingerprint density at radius 2 is 1.62 bits per heavy atom. The highest BCUT2D eigenvalue weighted by atomic mass is 19.4. The number of anilines is 1. The van der Waals surface area contributed by atoms with E-state index in [0.29, 0.717) is 5.56 Å². The molecule has 5 rings (SSSR count). The lowest BCUT2D eigenvalue weighted by molar-refractivity contribution is -0.160. The Labute approximate surface area is 210 Å². The molecule has 0 unspecified atom stereocenters. The van der Waals surface area contributed by atoms with Crippen LogP contribution in [0.1, 0.15) is 17.5 Å². The minimum Gasteiger partial charge on any atom is -0.454 e. The minimum atomic E-state index is -4.58. The van der Waals surface area contributed by atoms with Gasteiger partial charge in [0, 0.05) is 12.1 Å². The first-order chi connectivity index (χ1) is 17.6. The molecule has 2 fully saturated rings. The highest BCUT2D eigenvalue weighted by Gasteiger charge is 2.61. The molecule has 1 N–H and O–H groups in total. The standard InChI is InChI=1S/C27H23F3N2O5/c28-27(29,30)18-7-4-8-19(13-18)31-21(33)14-37-26(36)20(11-15-5-2-1-3-6-15)32-24(34)22-16-9-10-17(12-16)23(22)25(32)35/h1-10,13,16-17,20,22-23H,11-12,14H2,(H,31,33)/t16-,17-,20-,22-,23-/m0/s1. The molecule has 37 heavy (non-hydrogen) atoms. The van der Waals surface area contributed by atoms with E-state index >= 15 is 0 Å². The number of halogens is 3. The van der Waals surface area contributed by atoms with Crippen molar-refractivity contribution in [1.82, 2.24) is 4.90 Å². The fourth-order valence-electron chi connectivity index (χ4n) is 5.55. The third-order valence-corrected chi connectivity index (χ3v) is 7.18. The number of benzene rings is 2. The van der Waals surface area contributed by atoms with Crippen LogP contribution in [0.2, 0.25) is 0 Å². The summed E-state index contributed by atoms with van der Waals surface area (Å²) >= 11 is 0. The number of alkyl halides is 3. The Kier molecular flexibility index (Phi) is 6.35. The monoisotopic (exact) mass is 512 g/mol. The summed E-state index contributed by atoms with van der Waals surface area (Å²) in [5.74, 6) is -3.72. The first-order valence-electron chi connectivity index (χ1n) is 11.9. The van der Waals surface area contributed by atoms with Gasteiger partial charge in [0.15, 0.2) is 6.61 Å². The van der Waals surface area contributed by atoms with Gasteiger partial charge in [-0.25, -0.2) is 4.79 Å². The molecule has 1 saturated heterocycles. The number of ether oxygens (including phenoxy) is 1. The Morgan fingerprint density at radius 3 is 2.24 bits per heavy atom. The van der Waals surface area contributed by atoms with Crippen molar-refractivity contribution < 1.29 is 37.1 Å². The summed E-state index contributed by atoms with van der Waals surface area (Å²) in [5, 5.41) is 2.27. The topological polar surface area (TPSA) is 92.8 Å². The second-order valence-electron chi connectivity index (χ2n) is 9.49. The number of rotatable bonds is 7. The highest BCUT2D eigenvalue weighted by molar-refractivity contribution is 6.09. The number of amides is 3. The van der Waals surface area contributed by atoms with E-state index in [2.05, 4.69) is 5.32 Å². The van der Waals surface area contributed by atoms with E-state index in [0.717, 1.165) is 29.5 Å². The molecule has 3 amide bonds. The predicted octanol–water partition coefficient (Wildman–Crippen LogP) is 3.61. The van der Waals surface area contributed by atoms with E-state index in [1.54, 1.807) is 30.3 Å². The zero-order valence-corrected chi connectivity index (χ0v) is 19.5. The van der Waals surface area contributed by atoms with E-state index in [4.69, 9.17) is 4.74 Å². The number of likely N-dealkylation sites (tertiary alicyclic amines) is 1. The molecule has 1 heterocycles. The van der Waals surface area contributed by atoms with Gasteiger partial charge in [-0.15, -0.1) is 0 Å². The second-order valence-corrected chi connectivity index (χ2v) is 9.49. The summed E-state index contributed by atoms with van der Waals surface area (Å²) < 4.78 is 44.0. The molecule has 2 aliphatic carbocycles. The van der Waals surface area contributed by atoms with Crippen LogP contribution in [0.15, 0.2) is 66.7 Å². The molecular weight excluding hydrogens is 489 g/mol. The molecule has 192 valence electrons. The SMILES string of the molecule is O=C(COC(=O)[C@H](Cc1ccccc1)N1C(=O)[C@@H]2[C@@H](C1=O)[C@H]1C=C[C@H]2C1)Nc1cccc(C(F)(F)F)c1. The summed E-state index contributed by atoms with van der Waals surface area (Å²) in [5.41, 5.74) is -0.362. The zero-order chi connectivity index (χ0) is 26.3. The number of nitrogens with one attached hydrogen (secondary N) is 1. The lowest BCUT2D eigenvalue weighted by Gasteiger charge is -2.26. The van der Waals surface area contributed by atoms with Gasteiger partial charge in [0.25, 0.3) is 5.91 Å². The van der Waals surface area contributed by atoms with Crippen molar-refractivity contribution in [3.05, 3.63) is 77.9 Å². The lowest BCUT2D eigenvalue weighted by Crippen LogP contribution is -2.48. The van der Waals surface area contributed by atoms with Crippen molar-refractivity contribution in [2.45, 2.75) is 25.1 Å². The normalized spacial score (nSPS) is 24.8. The number of hydrogen-bond donors (Lipinski definition) is 1. The smallest absolute Gasteiger partial charge is 0.416 e. The maximum Gasteiger partial charge on any atom is 0.416 e. The van der Waals surface area contributed by atoms with Crippen molar-refractivity contribution in [2.75, 3.05) is 11.9 Å². The highest BCUT2D eigenvalue weighted by Crippen LogP contribution is 2.53. The zero-order valence-electron chi connectivity index (χ0n) is 19.5. The van der Waals surface area contributed by atoms with Crippen LogP contribution in [0.4, 0.5) is 18.9 Å². The first-order valence-corrected chi connectivity index (χ1v) is 11.9. The largest absolute Gasteiger partial charge is 0.454 e.